The molecule has 0 radical (unpaired) electrons. The van der Waals surface area contributed by atoms with Gasteiger partial charge in [-0.3, -0.25) is 4.79 Å². The fraction of sp³-hybridized carbons (Fsp3) is 0.556. The van der Waals surface area contributed by atoms with Crippen LogP contribution in [0.3, 0.4) is 0 Å². The van der Waals surface area contributed by atoms with E-state index >= 15 is 0 Å². The lowest BCUT2D eigenvalue weighted by atomic mass is 10.1. The molecule has 1 rings (SSSR count). The fourth-order valence-electron chi connectivity index (χ4n) is 1.24. The number of hydrogen-bond donors (Lipinski definition) is 2. The molecule has 5 heteroatoms. The molecule has 0 aliphatic heterocycles. The molecule has 1 aromatic heterocycles. The number of imidazole rings is 1. The third kappa shape index (κ3) is 3.18. The minimum atomic E-state index is -0.805. The highest BCUT2D eigenvalue weighted by Crippen LogP contribution is 2.03. The number of nitrogens with two attached hydrogens (primary N) is 1. The molecular formula is C9H15N3O2. The van der Waals surface area contributed by atoms with Crippen LogP contribution in [-0.4, -0.2) is 26.7 Å². The molecule has 1 unspecified atom stereocenters. The molecule has 1 aromatic rings. The summed E-state index contributed by atoms with van der Waals surface area (Å²) in [4.78, 5) is 14.4. The van der Waals surface area contributed by atoms with Crippen LogP contribution in [0.1, 0.15) is 18.7 Å². The van der Waals surface area contributed by atoms with Crippen LogP contribution in [0.15, 0.2) is 12.4 Å². The summed E-state index contributed by atoms with van der Waals surface area (Å²) in [5, 5.41) is 8.47. The molecule has 1 atom stereocenters. The molecule has 0 aliphatic carbocycles. The number of hydrogen-bond acceptors (Lipinski definition) is 3. The van der Waals surface area contributed by atoms with E-state index in [1.54, 1.807) is 6.20 Å². The first-order valence-corrected chi connectivity index (χ1v) is 4.53. The number of carbonyl (C=O) groups is 1. The standard InChI is InChI=1S/C9H15N3O2/c1-12-5-4-11-8(12)6-7(10)2-3-9(13)14/h4-5,7H,2-3,6,10H2,1H3,(H,13,14). The van der Waals surface area contributed by atoms with Crippen molar-refractivity contribution in [3.8, 4) is 0 Å². The van der Waals surface area contributed by atoms with Crippen LogP contribution in [0.25, 0.3) is 0 Å². The van der Waals surface area contributed by atoms with E-state index in [4.69, 9.17) is 10.8 Å². The lowest BCUT2D eigenvalue weighted by Crippen LogP contribution is -2.25. The van der Waals surface area contributed by atoms with Gasteiger partial charge in [0.25, 0.3) is 0 Å². The van der Waals surface area contributed by atoms with Gasteiger partial charge >= 0.3 is 5.97 Å². The number of aryl methyl sites for hydroxylation is 1. The highest BCUT2D eigenvalue weighted by Gasteiger charge is 2.09. The summed E-state index contributed by atoms with van der Waals surface area (Å²) in [6.45, 7) is 0. The molecule has 0 amide bonds. The molecule has 0 fully saturated rings. The topological polar surface area (TPSA) is 81.1 Å². The molecule has 0 saturated heterocycles. The van der Waals surface area contributed by atoms with Crippen molar-refractivity contribution in [3.63, 3.8) is 0 Å². The Kier molecular flexibility index (Phi) is 3.64. The first-order valence-electron chi connectivity index (χ1n) is 4.53. The second-order valence-corrected chi connectivity index (χ2v) is 3.35. The Balaban J connectivity index is 2.37. The smallest absolute Gasteiger partial charge is 0.303 e. The predicted molar refractivity (Wildman–Crippen MR) is 51.8 cm³/mol. The first-order chi connectivity index (χ1) is 6.59. The van der Waals surface area contributed by atoms with E-state index in [2.05, 4.69) is 4.98 Å². The van der Waals surface area contributed by atoms with Crippen LogP contribution < -0.4 is 5.73 Å². The van der Waals surface area contributed by atoms with Crippen molar-refractivity contribution in [2.45, 2.75) is 25.3 Å². The van der Waals surface area contributed by atoms with Crippen molar-refractivity contribution >= 4 is 5.97 Å². The normalized spacial score (nSPS) is 12.7. The van der Waals surface area contributed by atoms with Gasteiger partial charge in [-0.1, -0.05) is 0 Å². The summed E-state index contributed by atoms with van der Waals surface area (Å²) < 4.78 is 1.89. The zero-order chi connectivity index (χ0) is 10.6. The molecule has 0 saturated carbocycles. The quantitative estimate of drug-likeness (QED) is 0.704. The van der Waals surface area contributed by atoms with Gasteiger partial charge in [0.15, 0.2) is 0 Å². The summed E-state index contributed by atoms with van der Waals surface area (Å²) in [6, 6.07) is -0.132. The molecular weight excluding hydrogens is 182 g/mol. The zero-order valence-corrected chi connectivity index (χ0v) is 8.18. The predicted octanol–water partition coefficient (Wildman–Crippen LogP) is 0.155. The number of aliphatic carboxylic acids is 1. The van der Waals surface area contributed by atoms with E-state index < -0.39 is 5.97 Å². The van der Waals surface area contributed by atoms with E-state index in [0.717, 1.165) is 5.82 Å². The Morgan fingerprint density at radius 2 is 2.50 bits per heavy atom. The zero-order valence-electron chi connectivity index (χ0n) is 8.18. The third-order valence-electron chi connectivity index (χ3n) is 2.09. The Hall–Kier alpha value is -1.36. The number of rotatable bonds is 5. The summed E-state index contributed by atoms with van der Waals surface area (Å²) in [6.07, 6.45) is 4.78. The Morgan fingerprint density at radius 3 is 3.00 bits per heavy atom. The first kappa shape index (κ1) is 10.7. The minimum Gasteiger partial charge on any atom is -0.481 e. The van der Waals surface area contributed by atoms with Crippen molar-refractivity contribution in [1.29, 1.82) is 0 Å². The maximum absolute atomic E-state index is 10.3. The van der Waals surface area contributed by atoms with Crippen molar-refractivity contribution in [2.75, 3.05) is 0 Å². The van der Waals surface area contributed by atoms with E-state index in [1.165, 1.54) is 0 Å². The summed E-state index contributed by atoms with van der Waals surface area (Å²) >= 11 is 0. The number of carboxylic acids is 1. The Morgan fingerprint density at radius 1 is 1.79 bits per heavy atom. The molecule has 3 N–H and O–H groups in total. The minimum absolute atomic E-state index is 0.117. The molecule has 14 heavy (non-hydrogen) atoms. The monoisotopic (exact) mass is 197 g/mol. The van der Waals surface area contributed by atoms with Gasteiger partial charge in [-0.15, -0.1) is 0 Å². The van der Waals surface area contributed by atoms with Crippen LogP contribution in [0.4, 0.5) is 0 Å². The number of carboxylic acid groups (broad SMARTS) is 1. The van der Waals surface area contributed by atoms with Gasteiger partial charge in [0.05, 0.1) is 0 Å². The van der Waals surface area contributed by atoms with Crippen LogP contribution >= 0.6 is 0 Å². The second-order valence-electron chi connectivity index (χ2n) is 3.35. The summed E-state index contributed by atoms with van der Waals surface area (Å²) in [5.74, 6) is 0.0863. The summed E-state index contributed by atoms with van der Waals surface area (Å²) in [5.41, 5.74) is 5.77. The van der Waals surface area contributed by atoms with E-state index in [9.17, 15) is 4.79 Å². The van der Waals surface area contributed by atoms with Crippen LogP contribution in [0.2, 0.25) is 0 Å². The Labute approximate surface area is 82.6 Å². The van der Waals surface area contributed by atoms with Crippen LogP contribution in [-0.2, 0) is 18.3 Å². The van der Waals surface area contributed by atoms with E-state index in [0.29, 0.717) is 12.8 Å². The van der Waals surface area contributed by atoms with Gasteiger partial charge < -0.3 is 15.4 Å². The second kappa shape index (κ2) is 4.76. The maximum Gasteiger partial charge on any atom is 0.303 e. The van der Waals surface area contributed by atoms with Crippen LogP contribution in [0.5, 0.6) is 0 Å². The summed E-state index contributed by atoms with van der Waals surface area (Å²) in [7, 11) is 1.90. The lowest BCUT2D eigenvalue weighted by Gasteiger charge is -2.09. The molecule has 1 heterocycles. The van der Waals surface area contributed by atoms with E-state index in [-0.39, 0.29) is 12.5 Å². The largest absolute Gasteiger partial charge is 0.481 e. The highest BCUT2D eigenvalue weighted by molar-refractivity contribution is 5.66. The number of aromatic nitrogens is 2. The van der Waals surface area contributed by atoms with E-state index in [1.807, 2.05) is 17.8 Å². The maximum atomic E-state index is 10.3. The molecule has 0 aliphatic rings. The van der Waals surface area contributed by atoms with Crippen LogP contribution in [0, 0.1) is 0 Å². The van der Waals surface area contributed by atoms with Gasteiger partial charge in [0, 0.05) is 38.3 Å². The molecule has 0 aromatic carbocycles. The average Bonchev–Trinajstić information content (AvgIpc) is 2.49. The molecule has 0 bridgehead atoms. The third-order valence-corrected chi connectivity index (χ3v) is 2.09. The van der Waals surface area contributed by atoms with Gasteiger partial charge in [0.1, 0.15) is 5.82 Å². The van der Waals surface area contributed by atoms with Gasteiger partial charge in [-0.25, -0.2) is 4.98 Å². The van der Waals surface area contributed by atoms with Crippen molar-refractivity contribution < 1.29 is 9.90 Å². The van der Waals surface area contributed by atoms with Crippen molar-refractivity contribution in [3.05, 3.63) is 18.2 Å². The average molecular weight is 197 g/mol. The fourth-order valence-corrected chi connectivity index (χ4v) is 1.24. The molecule has 5 nitrogen and oxygen atoms in total. The lowest BCUT2D eigenvalue weighted by molar-refractivity contribution is -0.137. The van der Waals surface area contributed by atoms with Crippen molar-refractivity contribution in [2.24, 2.45) is 12.8 Å². The molecule has 78 valence electrons. The number of nitrogens with zero attached hydrogens (tertiary/aromatic N) is 2. The van der Waals surface area contributed by atoms with Gasteiger partial charge in [-0.05, 0) is 6.42 Å². The highest BCUT2D eigenvalue weighted by atomic mass is 16.4. The molecule has 0 spiro atoms. The Bertz CT molecular complexity index is 309. The SMILES string of the molecule is Cn1ccnc1CC(N)CCC(=O)O. The van der Waals surface area contributed by atoms with Gasteiger partial charge in [-0.2, -0.15) is 0 Å². The van der Waals surface area contributed by atoms with Gasteiger partial charge in [0.2, 0.25) is 0 Å². The van der Waals surface area contributed by atoms with Crippen molar-refractivity contribution in [1.82, 2.24) is 9.55 Å².